The van der Waals surface area contributed by atoms with E-state index in [0.717, 1.165) is 55.0 Å². The summed E-state index contributed by atoms with van der Waals surface area (Å²) in [6.45, 7) is 6.58. The molecule has 1 fully saturated rings. The molecule has 136 valence electrons. The highest BCUT2D eigenvalue weighted by Gasteiger charge is 2.19. The number of aryl methyl sites for hydroxylation is 1. The minimum atomic E-state index is -0.116. The maximum Gasteiger partial charge on any atom is 0.275 e. The number of aromatic nitrogens is 3. The number of fused-ring (bicyclic) bond motifs is 1. The van der Waals surface area contributed by atoms with E-state index in [2.05, 4.69) is 32.0 Å². The summed E-state index contributed by atoms with van der Waals surface area (Å²) in [5.41, 5.74) is 1.89. The van der Waals surface area contributed by atoms with Crippen molar-refractivity contribution < 1.29 is 0 Å². The lowest BCUT2D eigenvalue weighted by Crippen LogP contribution is -2.30. The van der Waals surface area contributed by atoms with E-state index in [0.29, 0.717) is 4.96 Å². The molecule has 1 saturated heterocycles. The molecule has 0 aliphatic carbocycles. The average molecular weight is 390 g/mol. The van der Waals surface area contributed by atoms with Crippen LogP contribution in [0.15, 0.2) is 35.1 Å². The highest BCUT2D eigenvalue weighted by molar-refractivity contribution is 7.20. The zero-order valence-corrected chi connectivity index (χ0v) is 16.1. The van der Waals surface area contributed by atoms with Crippen LogP contribution in [0.4, 0.5) is 5.13 Å². The number of hydrogen-bond acceptors (Lipinski definition) is 6. The molecule has 6 nitrogen and oxygen atoms in total. The fraction of sp³-hybridized carbons (Fsp3) is 0.389. The normalized spacial score (nSPS) is 16.2. The number of nitrogens with zero attached hydrogens (tertiary/aromatic N) is 5. The fourth-order valence-electron chi connectivity index (χ4n) is 3.21. The van der Waals surface area contributed by atoms with E-state index in [9.17, 15) is 4.79 Å². The molecule has 1 aliphatic heterocycles. The summed E-state index contributed by atoms with van der Waals surface area (Å²) in [6, 6.07) is 9.56. The summed E-state index contributed by atoms with van der Waals surface area (Å²) in [7, 11) is 0. The SMILES string of the molecule is Cc1cc(=O)n2nc(N3CCCN(Cc4ccc(Cl)cc4)CC3)sc2n1. The second-order valence-corrected chi connectivity index (χ2v) is 7.93. The first-order valence-corrected chi connectivity index (χ1v) is 9.87. The monoisotopic (exact) mass is 389 g/mol. The van der Waals surface area contributed by atoms with E-state index in [1.165, 1.54) is 27.5 Å². The maximum absolute atomic E-state index is 12.1. The van der Waals surface area contributed by atoms with Gasteiger partial charge in [-0.05, 0) is 31.0 Å². The Labute approximate surface area is 160 Å². The first kappa shape index (κ1) is 17.5. The summed E-state index contributed by atoms with van der Waals surface area (Å²) in [5.74, 6) is 0. The summed E-state index contributed by atoms with van der Waals surface area (Å²) < 4.78 is 1.41. The average Bonchev–Trinajstić information content (AvgIpc) is 2.90. The van der Waals surface area contributed by atoms with E-state index in [4.69, 9.17) is 11.6 Å². The van der Waals surface area contributed by atoms with Crippen LogP contribution in [0.5, 0.6) is 0 Å². The molecule has 26 heavy (non-hydrogen) atoms. The molecule has 3 heterocycles. The molecule has 0 saturated carbocycles. The van der Waals surface area contributed by atoms with Gasteiger partial charge in [0.25, 0.3) is 5.56 Å². The first-order valence-electron chi connectivity index (χ1n) is 8.68. The van der Waals surface area contributed by atoms with Gasteiger partial charge in [0.05, 0.1) is 0 Å². The molecule has 0 bridgehead atoms. The molecule has 0 amide bonds. The summed E-state index contributed by atoms with van der Waals surface area (Å²) in [5, 5.41) is 6.13. The van der Waals surface area contributed by atoms with Crippen LogP contribution < -0.4 is 10.5 Å². The van der Waals surface area contributed by atoms with Crippen molar-refractivity contribution >= 4 is 33.0 Å². The molecule has 0 atom stereocenters. The number of halogens is 1. The third kappa shape index (κ3) is 3.75. The standard InChI is InChI=1S/C18H20ClN5OS/c1-13-11-16(25)24-17(20-13)26-18(21-24)23-8-2-7-22(9-10-23)12-14-3-5-15(19)6-4-14/h3-6,11H,2,7-10,12H2,1H3. The van der Waals surface area contributed by atoms with Gasteiger partial charge in [-0.3, -0.25) is 9.69 Å². The predicted molar refractivity (Wildman–Crippen MR) is 105 cm³/mol. The zero-order valence-electron chi connectivity index (χ0n) is 14.6. The summed E-state index contributed by atoms with van der Waals surface area (Å²) in [6.07, 6.45) is 1.06. The molecule has 4 rings (SSSR count). The molecule has 0 radical (unpaired) electrons. The zero-order chi connectivity index (χ0) is 18.1. The fourth-order valence-corrected chi connectivity index (χ4v) is 4.34. The van der Waals surface area contributed by atoms with Crippen LogP contribution in [0.2, 0.25) is 5.02 Å². The Morgan fingerprint density at radius 3 is 2.77 bits per heavy atom. The minimum absolute atomic E-state index is 0.116. The summed E-state index contributed by atoms with van der Waals surface area (Å²) >= 11 is 7.45. The molecule has 0 spiro atoms. The van der Waals surface area contributed by atoms with Gasteiger partial charge in [-0.2, -0.15) is 4.52 Å². The van der Waals surface area contributed by atoms with Crippen molar-refractivity contribution in [2.24, 2.45) is 0 Å². The van der Waals surface area contributed by atoms with Crippen molar-refractivity contribution in [3.8, 4) is 0 Å². The van der Waals surface area contributed by atoms with Crippen molar-refractivity contribution in [3.05, 3.63) is 57.0 Å². The Morgan fingerprint density at radius 2 is 1.96 bits per heavy atom. The van der Waals surface area contributed by atoms with Gasteiger partial charge in [-0.15, -0.1) is 5.10 Å². The van der Waals surface area contributed by atoms with Gasteiger partial charge in [0.1, 0.15) is 0 Å². The quantitative estimate of drug-likeness (QED) is 0.689. The second-order valence-electron chi connectivity index (χ2n) is 6.56. The summed E-state index contributed by atoms with van der Waals surface area (Å²) in [4.78, 5) is 21.9. The van der Waals surface area contributed by atoms with Crippen molar-refractivity contribution in [1.82, 2.24) is 19.5 Å². The Bertz CT molecular complexity index is 968. The largest absolute Gasteiger partial charge is 0.345 e. The lowest BCUT2D eigenvalue weighted by Gasteiger charge is -2.21. The molecule has 8 heteroatoms. The lowest BCUT2D eigenvalue weighted by molar-refractivity contribution is 0.285. The molecule has 0 N–H and O–H groups in total. The number of benzene rings is 1. The van der Waals surface area contributed by atoms with Crippen LogP contribution in [-0.4, -0.2) is 45.7 Å². The van der Waals surface area contributed by atoms with Crippen LogP contribution in [-0.2, 0) is 6.54 Å². The van der Waals surface area contributed by atoms with E-state index in [-0.39, 0.29) is 5.56 Å². The van der Waals surface area contributed by atoms with Crippen molar-refractivity contribution in [2.45, 2.75) is 19.9 Å². The number of rotatable bonds is 3. The smallest absolute Gasteiger partial charge is 0.275 e. The third-order valence-corrected chi connectivity index (χ3v) is 5.76. The molecule has 0 unspecified atom stereocenters. The molecule has 1 aromatic carbocycles. The first-order chi connectivity index (χ1) is 12.6. The minimum Gasteiger partial charge on any atom is -0.345 e. The molecule has 3 aromatic rings. The Kier molecular flexibility index (Phi) is 4.93. The van der Waals surface area contributed by atoms with E-state index >= 15 is 0 Å². The van der Waals surface area contributed by atoms with Crippen LogP contribution in [0.3, 0.4) is 0 Å². The second kappa shape index (κ2) is 7.34. The Morgan fingerprint density at radius 1 is 1.15 bits per heavy atom. The van der Waals surface area contributed by atoms with Gasteiger partial charge in [0, 0.05) is 49.5 Å². The number of hydrogen-bond donors (Lipinski definition) is 0. The number of anilines is 1. The van der Waals surface area contributed by atoms with Crippen LogP contribution in [0, 0.1) is 6.92 Å². The van der Waals surface area contributed by atoms with Gasteiger partial charge in [0.2, 0.25) is 10.1 Å². The van der Waals surface area contributed by atoms with E-state index in [1.807, 2.05) is 19.1 Å². The molecule has 2 aromatic heterocycles. The van der Waals surface area contributed by atoms with Gasteiger partial charge in [-0.1, -0.05) is 35.1 Å². The van der Waals surface area contributed by atoms with Gasteiger partial charge in [-0.25, -0.2) is 4.98 Å². The van der Waals surface area contributed by atoms with Crippen LogP contribution in [0.25, 0.3) is 4.96 Å². The Balaban J connectivity index is 1.47. The van der Waals surface area contributed by atoms with Crippen LogP contribution in [0.1, 0.15) is 17.7 Å². The topological polar surface area (TPSA) is 53.7 Å². The van der Waals surface area contributed by atoms with E-state index in [1.54, 1.807) is 0 Å². The van der Waals surface area contributed by atoms with Crippen molar-refractivity contribution in [2.75, 3.05) is 31.1 Å². The molecule has 1 aliphatic rings. The van der Waals surface area contributed by atoms with Crippen LogP contribution >= 0.6 is 22.9 Å². The van der Waals surface area contributed by atoms with Gasteiger partial charge >= 0.3 is 0 Å². The third-order valence-electron chi connectivity index (χ3n) is 4.54. The highest BCUT2D eigenvalue weighted by atomic mass is 35.5. The van der Waals surface area contributed by atoms with Gasteiger partial charge < -0.3 is 4.90 Å². The van der Waals surface area contributed by atoms with E-state index < -0.39 is 0 Å². The molecular weight excluding hydrogens is 370 g/mol. The van der Waals surface area contributed by atoms with Crippen molar-refractivity contribution in [1.29, 1.82) is 0 Å². The van der Waals surface area contributed by atoms with Crippen molar-refractivity contribution in [3.63, 3.8) is 0 Å². The Hall–Kier alpha value is -1.96. The lowest BCUT2D eigenvalue weighted by atomic mass is 10.2. The molecular formula is C18H20ClN5OS. The predicted octanol–water partition coefficient (Wildman–Crippen LogP) is 2.83. The van der Waals surface area contributed by atoms with Gasteiger partial charge in [0.15, 0.2) is 0 Å². The maximum atomic E-state index is 12.1. The highest BCUT2D eigenvalue weighted by Crippen LogP contribution is 2.23.